The van der Waals surface area contributed by atoms with Crippen LogP contribution in [0.4, 0.5) is 0 Å². The van der Waals surface area contributed by atoms with Crippen molar-refractivity contribution < 1.29 is 9.59 Å². The summed E-state index contributed by atoms with van der Waals surface area (Å²) in [6.07, 6.45) is 0. The lowest BCUT2D eigenvalue weighted by atomic mass is 10.1. The fourth-order valence-corrected chi connectivity index (χ4v) is 0.806. The third-order valence-corrected chi connectivity index (χ3v) is 1.39. The van der Waals surface area contributed by atoms with Crippen LogP contribution in [0.3, 0.4) is 0 Å². The second kappa shape index (κ2) is 4.22. The predicted octanol–water partition coefficient (Wildman–Crippen LogP) is 1.46. The molecule has 64 valence electrons. The van der Waals surface area contributed by atoms with Gasteiger partial charge in [-0.2, -0.15) is 0 Å². The highest BCUT2D eigenvalue weighted by Gasteiger charge is 1.98. The molecule has 0 aliphatic heterocycles. The third kappa shape index (κ3) is 2.92. The molecule has 0 fully saturated rings. The van der Waals surface area contributed by atoms with Crippen LogP contribution >= 0.6 is 0 Å². The smallest absolute Gasteiger partial charge is 0.236 e. The lowest BCUT2D eigenvalue weighted by molar-refractivity contribution is -0.111. The molecule has 0 saturated carbocycles. The predicted molar refractivity (Wildman–Crippen MR) is 49.2 cm³/mol. The number of Topliss-reactive ketones (excluding diaryl/α,β-unsaturated/α-hetero) is 2. The van der Waals surface area contributed by atoms with Gasteiger partial charge < -0.3 is 0 Å². The monoisotopic (exact) mass is 172 g/mol. The van der Waals surface area contributed by atoms with Crippen molar-refractivity contribution in [3.63, 3.8) is 0 Å². The highest BCUT2D eigenvalue weighted by Crippen LogP contribution is 1.98. The fourth-order valence-electron chi connectivity index (χ4n) is 0.806. The van der Waals surface area contributed by atoms with E-state index in [1.165, 1.54) is 6.92 Å². The van der Waals surface area contributed by atoms with E-state index < -0.39 is 0 Å². The summed E-state index contributed by atoms with van der Waals surface area (Å²) in [5.74, 6) is 3.84. The van der Waals surface area contributed by atoms with Crippen molar-refractivity contribution in [1.29, 1.82) is 0 Å². The molecular weight excluding hydrogens is 164 g/mol. The highest BCUT2D eigenvalue weighted by atomic mass is 16.1. The maximum absolute atomic E-state index is 11.2. The average molecular weight is 172 g/mol. The van der Waals surface area contributed by atoms with Gasteiger partial charge in [-0.3, -0.25) is 9.59 Å². The zero-order chi connectivity index (χ0) is 9.68. The molecule has 2 nitrogen and oxygen atoms in total. The van der Waals surface area contributed by atoms with E-state index in [1.54, 1.807) is 24.3 Å². The molecule has 1 aromatic carbocycles. The van der Waals surface area contributed by atoms with Crippen molar-refractivity contribution in [1.82, 2.24) is 0 Å². The summed E-state index contributed by atoms with van der Waals surface area (Å²) >= 11 is 0. The Labute approximate surface area is 76.6 Å². The van der Waals surface area contributed by atoms with Crippen LogP contribution in [-0.2, 0) is 4.79 Å². The summed E-state index contributed by atoms with van der Waals surface area (Å²) in [6.45, 7) is 1.32. The molecule has 0 bridgehead atoms. The number of carbonyl (C=O) groups excluding carboxylic acids is 2. The van der Waals surface area contributed by atoms with Crippen LogP contribution in [0.1, 0.15) is 17.3 Å². The molecule has 13 heavy (non-hydrogen) atoms. The summed E-state index contributed by atoms with van der Waals surface area (Å²) in [4.78, 5) is 21.7. The molecule has 0 unspecified atom stereocenters. The van der Waals surface area contributed by atoms with Crippen LogP contribution in [0.15, 0.2) is 30.3 Å². The van der Waals surface area contributed by atoms with E-state index in [0.29, 0.717) is 5.56 Å². The van der Waals surface area contributed by atoms with Gasteiger partial charge in [0.15, 0.2) is 0 Å². The van der Waals surface area contributed by atoms with Crippen LogP contribution in [0.2, 0.25) is 0 Å². The van der Waals surface area contributed by atoms with Gasteiger partial charge in [0.25, 0.3) is 0 Å². The summed E-state index contributed by atoms with van der Waals surface area (Å²) < 4.78 is 0. The molecule has 0 aliphatic carbocycles. The van der Waals surface area contributed by atoms with E-state index in [2.05, 4.69) is 11.8 Å². The van der Waals surface area contributed by atoms with E-state index >= 15 is 0 Å². The number of hydrogen-bond donors (Lipinski definition) is 0. The van der Waals surface area contributed by atoms with E-state index in [0.717, 1.165) is 0 Å². The number of benzene rings is 1. The van der Waals surface area contributed by atoms with Crippen molar-refractivity contribution in [3.8, 4) is 11.8 Å². The Bertz CT molecular complexity index is 380. The van der Waals surface area contributed by atoms with E-state index in [1.807, 2.05) is 6.07 Å². The van der Waals surface area contributed by atoms with Crippen molar-refractivity contribution >= 4 is 11.6 Å². The maximum atomic E-state index is 11.2. The summed E-state index contributed by atoms with van der Waals surface area (Å²) in [5.41, 5.74) is 0.510. The topological polar surface area (TPSA) is 34.1 Å². The Kier molecular flexibility index (Phi) is 2.99. The Morgan fingerprint density at radius 1 is 1.08 bits per heavy atom. The number of hydrogen-bond acceptors (Lipinski definition) is 2. The lowest BCUT2D eigenvalue weighted by Crippen LogP contribution is -1.95. The van der Waals surface area contributed by atoms with Crippen molar-refractivity contribution in [2.24, 2.45) is 0 Å². The number of ketones is 2. The Morgan fingerprint density at radius 2 is 1.69 bits per heavy atom. The van der Waals surface area contributed by atoms with Crippen LogP contribution in [0, 0.1) is 11.8 Å². The standard InChI is InChI=1S/C11H8O2/c1-9(12)7-8-11(13)10-5-3-2-4-6-10/h2-6H,1H3. The number of rotatable bonds is 1. The van der Waals surface area contributed by atoms with Crippen molar-refractivity contribution in [2.75, 3.05) is 0 Å². The normalized spacial score (nSPS) is 8.38. The molecule has 0 aliphatic rings. The second-order valence-corrected chi connectivity index (χ2v) is 2.50. The van der Waals surface area contributed by atoms with Crippen LogP contribution in [0.5, 0.6) is 0 Å². The van der Waals surface area contributed by atoms with E-state index in [9.17, 15) is 9.59 Å². The quantitative estimate of drug-likeness (QED) is 0.365. The first-order chi connectivity index (χ1) is 6.20. The number of carbonyl (C=O) groups is 2. The molecule has 2 heteroatoms. The molecule has 0 atom stereocenters. The first-order valence-electron chi connectivity index (χ1n) is 3.82. The third-order valence-electron chi connectivity index (χ3n) is 1.39. The molecule has 0 amide bonds. The average Bonchev–Trinajstić information content (AvgIpc) is 2.15. The fraction of sp³-hybridized carbons (Fsp3) is 0.0909. The summed E-state index contributed by atoms with van der Waals surface area (Å²) in [7, 11) is 0. The van der Waals surface area contributed by atoms with E-state index in [-0.39, 0.29) is 11.6 Å². The van der Waals surface area contributed by atoms with E-state index in [4.69, 9.17) is 0 Å². The molecular formula is C11H8O2. The minimum absolute atomic E-state index is 0.302. The Hall–Kier alpha value is -1.88. The van der Waals surface area contributed by atoms with Crippen molar-refractivity contribution in [3.05, 3.63) is 35.9 Å². The Balaban J connectivity index is 2.83. The van der Waals surface area contributed by atoms with Gasteiger partial charge in [0, 0.05) is 12.5 Å². The molecule has 0 spiro atoms. The van der Waals surface area contributed by atoms with Gasteiger partial charge >= 0.3 is 0 Å². The molecule has 0 aromatic heterocycles. The van der Waals surface area contributed by atoms with Gasteiger partial charge in [-0.05, 0) is 11.8 Å². The highest BCUT2D eigenvalue weighted by molar-refractivity contribution is 6.12. The van der Waals surface area contributed by atoms with Gasteiger partial charge in [-0.15, -0.1) is 0 Å². The molecule has 0 radical (unpaired) electrons. The summed E-state index contributed by atoms with van der Waals surface area (Å²) in [5, 5.41) is 0. The first kappa shape index (κ1) is 9.21. The maximum Gasteiger partial charge on any atom is 0.236 e. The second-order valence-electron chi connectivity index (χ2n) is 2.50. The van der Waals surface area contributed by atoms with Gasteiger partial charge in [-0.25, -0.2) is 0 Å². The van der Waals surface area contributed by atoms with Crippen LogP contribution in [0.25, 0.3) is 0 Å². The zero-order valence-electron chi connectivity index (χ0n) is 7.20. The Morgan fingerprint density at radius 3 is 2.23 bits per heavy atom. The molecule has 0 N–H and O–H groups in total. The molecule has 0 heterocycles. The van der Waals surface area contributed by atoms with Gasteiger partial charge in [0.05, 0.1) is 0 Å². The lowest BCUT2D eigenvalue weighted by Gasteiger charge is -1.89. The minimum Gasteiger partial charge on any atom is -0.285 e. The van der Waals surface area contributed by atoms with Gasteiger partial charge in [0.2, 0.25) is 11.6 Å². The largest absolute Gasteiger partial charge is 0.285 e. The molecule has 0 saturated heterocycles. The first-order valence-corrected chi connectivity index (χ1v) is 3.82. The summed E-state index contributed by atoms with van der Waals surface area (Å²) in [6, 6.07) is 8.65. The molecule has 1 aromatic rings. The SMILES string of the molecule is CC(=O)C#CC(=O)c1ccccc1. The minimum atomic E-state index is -0.323. The van der Waals surface area contributed by atoms with Gasteiger partial charge in [-0.1, -0.05) is 30.3 Å². The van der Waals surface area contributed by atoms with Crippen LogP contribution < -0.4 is 0 Å². The zero-order valence-corrected chi connectivity index (χ0v) is 7.20. The molecule has 1 rings (SSSR count). The van der Waals surface area contributed by atoms with Crippen LogP contribution in [-0.4, -0.2) is 11.6 Å². The van der Waals surface area contributed by atoms with Gasteiger partial charge in [0.1, 0.15) is 0 Å². The van der Waals surface area contributed by atoms with Crippen molar-refractivity contribution in [2.45, 2.75) is 6.92 Å².